The Kier molecular flexibility index (Phi) is 5.64. The molecule has 0 radical (unpaired) electrons. The number of nitriles is 1. The summed E-state index contributed by atoms with van der Waals surface area (Å²) < 4.78 is 0. The smallest absolute Gasteiger partial charge is 0.315 e. The van der Waals surface area contributed by atoms with Crippen LogP contribution in [0.5, 0.6) is 0 Å². The molecule has 1 aliphatic rings. The fraction of sp³-hybridized carbons (Fsp3) is 0.667. The number of carbonyl (C=O) groups is 1. The van der Waals surface area contributed by atoms with Crippen LogP contribution in [0.4, 0.5) is 10.6 Å². The highest BCUT2D eigenvalue weighted by Gasteiger charge is 2.22. The molecule has 0 aliphatic heterocycles. The first-order valence-electron chi connectivity index (χ1n) is 7.89. The average Bonchev–Trinajstić information content (AvgIpc) is 2.86. The summed E-state index contributed by atoms with van der Waals surface area (Å²) in [6, 6.07) is 2.21. The number of anilines is 1. The molecule has 22 heavy (non-hydrogen) atoms. The molecule has 2 rings (SSSR count). The molecule has 7 heteroatoms. The quantitative estimate of drug-likeness (QED) is 0.618. The predicted octanol–water partition coefficient (Wildman–Crippen LogP) is 1.67. The molecule has 120 valence electrons. The highest BCUT2D eigenvalue weighted by molar-refractivity contribution is 5.74. The zero-order valence-electron chi connectivity index (χ0n) is 13.0. The first-order chi connectivity index (χ1) is 10.6. The Hall–Kier alpha value is -2.23. The van der Waals surface area contributed by atoms with Crippen LogP contribution >= 0.6 is 0 Å². The van der Waals surface area contributed by atoms with E-state index in [-0.39, 0.29) is 17.9 Å². The molecule has 1 aromatic rings. The largest absolute Gasteiger partial charge is 0.381 e. The van der Waals surface area contributed by atoms with Crippen LogP contribution in [0, 0.1) is 17.2 Å². The first kappa shape index (κ1) is 16.1. The van der Waals surface area contributed by atoms with Gasteiger partial charge in [0.05, 0.1) is 5.69 Å². The number of aryl methyl sites for hydroxylation is 1. The molecule has 1 aliphatic carbocycles. The lowest BCUT2D eigenvalue weighted by molar-refractivity contribution is 0.221. The summed E-state index contributed by atoms with van der Waals surface area (Å²) in [5.74, 6) is 0.778. The number of amides is 2. The van der Waals surface area contributed by atoms with Crippen molar-refractivity contribution >= 4 is 11.8 Å². The van der Waals surface area contributed by atoms with E-state index in [0.29, 0.717) is 24.4 Å². The molecule has 0 bridgehead atoms. The number of H-pyrrole nitrogens is 1. The van der Waals surface area contributed by atoms with E-state index in [1.54, 1.807) is 0 Å². The maximum atomic E-state index is 11.9. The van der Waals surface area contributed by atoms with Crippen LogP contribution in [-0.2, 0) is 6.42 Å². The second-order valence-electron chi connectivity index (χ2n) is 5.95. The van der Waals surface area contributed by atoms with E-state index < -0.39 is 0 Å². The molecule has 1 heterocycles. The Morgan fingerprint density at radius 1 is 1.50 bits per heavy atom. The van der Waals surface area contributed by atoms with Crippen LogP contribution in [0.15, 0.2) is 0 Å². The van der Waals surface area contributed by atoms with Gasteiger partial charge in [0.15, 0.2) is 5.82 Å². The molecule has 0 aromatic carbocycles. The van der Waals surface area contributed by atoms with E-state index in [2.05, 4.69) is 27.8 Å². The maximum absolute atomic E-state index is 11.9. The Balaban J connectivity index is 1.68. The first-order valence-corrected chi connectivity index (χ1v) is 7.89. The third-order valence-electron chi connectivity index (χ3n) is 4.30. The van der Waals surface area contributed by atoms with E-state index in [4.69, 9.17) is 11.0 Å². The van der Waals surface area contributed by atoms with Crippen LogP contribution in [0.1, 0.15) is 50.3 Å². The van der Waals surface area contributed by atoms with Gasteiger partial charge in [-0.05, 0) is 31.6 Å². The summed E-state index contributed by atoms with van der Waals surface area (Å²) in [6.45, 7) is 2.74. The van der Waals surface area contributed by atoms with E-state index in [1.165, 1.54) is 19.3 Å². The summed E-state index contributed by atoms with van der Waals surface area (Å²) in [4.78, 5) is 11.9. The Morgan fingerprint density at radius 3 is 3.00 bits per heavy atom. The molecule has 2 amide bonds. The molecule has 0 unspecified atom stereocenters. The number of carbonyl (C=O) groups excluding carboxylic acids is 1. The third-order valence-corrected chi connectivity index (χ3v) is 4.30. The summed E-state index contributed by atoms with van der Waals surface area (Å²) in [5, 5.41) is 21.5. The topological polar surface area (TPSA) is 120 Å². The molecule has 0 spiro atoms. The Morgan fingerprint density at radius 2 is 2.27 bits per heavy atom. The van der Waals surface area contributed by atoms with Crippen LogP contribution < -0.4 is 16.4 Å². The second kappa shape index (κ2) is 7.69. The van der Waals surface area contributed by atoms with E-state index in [1.807, 2.05) is 6.07 Å². The van der Waals surface area contributed by atoms with Crippen molar-refractivity contribution in [3.8, 4) is 6.07 Å². The highest BCUT2D eigenvalue weighted by atomic mass is 16.2. The number of aromatic nitrogens is 2. The van der Waals surface area contributed by atoms with Crippen molar-refractivity contribution in [2.75, 3.05) is 12.3 Å². The summed E-state index contributed by atoms with van der Waals surface area (Å²) in [7, 11) is 0. The number of nitrogens with one attached hydrogen (secondary N) is 3. The van der Waals surface area contributed by atoms with Crippen molar-refractivity contribution in [1.82, 2.24) is 20.8 Å². The summed E-state index contributed by atoms with van der Waals surface area (Å²) >= 11 is 0. The number of nitrogens with zero attached hydrogens (tertiary/aromatic N) is 2. The minimum atomic E-state index is -0.108. The third kappa shape index (κ3) is 4.13. The molecule has 2 atom stereocenters. The highest BCUT2D eigenvalue weighted by Crippen LogP contribution is 2.23. The lowest BCUT2D eigenvalue weighted by Crippen LogP contribution is -2.46. The zero-order chi connectivity index (χ0) is 15.9. The van der Waals surface area contributed by atoms with Crippen LogP contribution in [-0.4, -0.2) is 28.8 Å². The lowest BCUT2D eigenvalue weighted by atomic mass is 9.86. The second-order valence-corrected chi connectivity index (χ2v) is 5.95. The van der Waals surface area contributed by atoms with Gasteiger partial charge in [0.1, 0.15) is 11.6 Å². The number of hydrogen-bond donors (Lipinski definition) is 4. The van der Waals surface area contributed by atoms with Gasteiger partial charge in [-0.1, -0.05) is 19.8 Å². The van der Waals surface area contributed by atoms with Crippen LogP contribution in [0.25, 0.3) is 0 Å². The fourth-order valence-corrected chi connectivity index (χ4v) is 2.92. The standard InChI is InChI=1S/C15H24N6O/c1-10-5-2-3-6-12(10)19-15(22)18-8-4-7-13-11(9-16)14(17)21-20-13/h10,12H,2-8H2,1H3,(H3,17,20,21)(H2,18,19,22)/t10-,12-/m0/s1. The van der Waals surface area contributed by atoms with Gasteiger partial charge < -0.3 is 16.4 Å². The average molecular weight is 304 g/mol. The molecule has 1 aromatic heterocycles. The molecular formula is C15H24N6O. The van der Waals surface area contributed by atoms with Gasteiger partial charge in [0, 0.05) is 12.6 Å². The minimum absolute atomic E-state index is 0.108. The zero-order valence-corrected chi connectivity index (χ0v) is 13.0. The SMILES string of the molecule is C[C@H]1CCCC[C@@H]1NC(=O)NCCCc1[nH]nc(N)c1C#N. The number of urea groups is 1. The van der Waals surface area contributed by atoms with Gasteiger partial charge in [-0.25, -0.2) is 4.79 Å². The normalized spacial score (nSPS) is 21.1. The Bertz CT molecular complexity index is 547. The molecule has 5 N–H and O–H groups in total. The minimum Gasteiger partial charge on any atom is -0.381 e. The Labute approximate surface area is 130 Å². The number of hydrogen-bond acceptors (Lipinski definition) is 4. The van der Waals surface area contributed by atoms with Crippen molar-refractivity contribution in [3.05, 3.63) is 11.3 Å². The summed E-state index contributed by atoms with van der Waals surface area (Å²) in [5.41, 5.74) is 6.71. The van der Waals surface area contributed by atoms with Crippen molar-refractivity contribution in [3.63, 3.8) is 0 Å². The molecule has 1 saturated carbocycles. The van der Waals surface area contributed by atoms with Crippen LogP contribution in [0.3, 0.4) is 0 Å². The van der Waals surface area contributed by atoms with E-state index in [9.17, 15) is 4.79 Å². The summed E-state index contributed by atoms with van der Waals surface area (Å²) in [6.07, 6.45) is 6.05. The predicted molar refractivity (Wildman–Crippen MR) is 84.0 cm³/mol. The van der Waals surface area contributed by atoms with Gasteiger partial charge in [0.2, 0.25) is 0 Å². The fourth-order valence-electron chi connectivity index (χ4n) is 2.92. The molecule has 7 nitrogen and oxygen atoms in total. The van der Waals surface area contributed by atoms with Gasteiger partial charge in [-0.3, -0.25) is 5.10 Å². The van der Waals surface area contributed by atoms with Crippen molar-refractivity contribution < 1.29 is 4.79 Å². The van der Waals surface area contributed by atoms with E-state index in [0.717, 1.165) is 18.5 Å². The van der Waals surface area contributed by atoms with Crippen molar-refractivity contribution in [1.29, 1.82) is 5.26 Å². The lowest BCUT2D eigenvalue weighted by Gasteiger charge is -2.29. The molecule has 1 fully saturated rings. The molecular weight excluding hydrogens is 280 g/mol. The van der Waals surface area contributed by atoms with Gasteiger partial charge in [-0.15, -0.1) is 0 Å². The number of rotatable bonds is 5. The van der Waals surface area contributed by atoms with Gasteiger partial charge >= 0.3 is 6.03 Å². The van der Waals surface area contributed by atoms with Gasteiger partial charge in [0.25, 0.3) is 0 Å². The van der Waals surface area contributed by atoms with Crippen molar-refractivity contribution in [2.45, 2.75) is 51.5 Å². The molecule has 0 saturated heterocycles. The van der Waals surface area contributed by atoms with Crippen molar-refractivity contribution in [2.24, 2.45) is 5.92 Å². The van der Waals surface area contributed by atoms with E-state index >= 15 is 0 Å². The van der Waals surface area contributed by atoms with Gasteiger partial charge in [-0.2, -0.15) is 10.4 Å². The monoisotopic (exact) mass is 304 g/mol. The maximum Gasteiger partial charge on any atom is 0.315 e. The number of nitrogen functional groups attached to an aromatic ring is 1. The number of nitrogens with two attached hydrogens (primary N) is 1. The van der Waals surface area contributed by atoms with Crippen LogP contribution in [0.2, 0.25) is 0 Å². The number of aromatic amines is 1.